The SMILES string of the molecule is CCCCCOC1CCCC(NC)(C(=O)OCC)C1. The minimum absolute atomic E-state index is 0.126. The van der Waals surface area contributed by atoms with Crippen LogP contribution in [0.3, 0.4) is 0 Å². The maximum atomic E-state index is 12.1. The van der Waals surface area contributed by atoms with Gasteiger partial charge in [0.25, 0.3) is 0 Å². The molecule has 0 bridgehead atoms. The number of hydrogen-bond acceptors (Lipinski definition) is 4. The van der Waals surface area contributed by atoms with E-state index in [1.807, 2.05) is 14.0 Å². The number of rotatable bonds is 8. The highest BCUT2D eigenvalue weighted by Crippen LogP contribution is 2.31. The van der Waals surface area contributed by atoms with Crippen LogP contribution in [0.15, 0.2) is 0 Å². The summed E-state index contributed by atoms with van der Waals surface area (Å²) >= 11 is 0. The van der Waals surface area contributed by atoms with Crippen molar-refractivity contribution in [1.82, 2.24) is 5.32 Å². The molecule has 2 unspecified atom stereocenters. The second kappa shape index (κ2) is 8.54. The van der Waals surface area contributed by atoms with E-state index in [2.05, 4.69) is 12.2 Å². The predicted octanol–water partition coefficient (Wildman–Crippen LogP) is 2.66. The van der Waals surface area contributed by atoms with Crippen molar-refractivity contribution in [3.8, 4) is 0 Å². The first-order valence-electron chi connectivity index (χ1n) is 7.66. The summed E-state index contributed by atoms with van der Waals surface area (Å²) in [7, 11) is 1.84. The molecule has 0 aromatic rings. The first-order valence-corrected chi connectivity index (χ1v) is 7.66. The van der Waals surface area contributed by atoms with Crippen LogP contribution in [-0.2, 0) is 14.3 Å². The van der Waals surface area contributed by atoms with E-state index < -0.39 is 5.54 Å². The van der Waals surface area contributed by atoms with Gasteiger partial charge in [0.2, 0.25) is 0 Å². The summed E-state index contributed by atoms with van der Waals surface area (Å²) in [4.78, 5) is 12.1. The maximum absolute atomic E-state index is 12.1. The minimum atomic E-state index is -0.538. The summed E-state index contributed by atoms with van der Waals surface area (Å²) in [6, 6.07) is 0. The van der Waals surface area contributed by atoms with Gasteiger partial charge in [0.1, 0.15) is 5.54 Å². The lowest BCUT2D eigenvalue weighted by Crippen LogP contribution is -2.55. The number of esters is 1. The van der Waals surface area contributed by atoms with E-state index in [4.69, 9.17) is 9.47 Å². The molecule has 0 saturated heterocycles. The molecule has 4 nitrogen and oxygen atoms in total. The Morgan fingerprint density at radius 3 is 2.79 bits per heavy atom. The zero-order valence-electron chi connectivity index (χ0n) is 12.7. The van der Waals surface area contributed by atoms with E-state index >= 15 is 0 Å². The third kappa shape index (κ3) is 4.77. The number of likely N-dealkylation sites (N-methyl/N-ethyl adjacent to an activating group) is 1. The molecular formula is C15H29NO3. The van der Waals surface area contributed by atoms with Crippen LogP contribution in [0, 0.1) is 0 Å². The molecule has 1 aliphatic carbocycles. The zero-order valence-corrected chi connectivity index (χ0v) is 12.7. The quantitative estimate of drug-likeness (QED) is 0.544. The summed E-state index contributed by atoms with van der Waals surface area (Å²) in [5, 5.41) is 3.18. The molecule has 19 heavy (non-hydrogen) atoms. The summed E-state index contributed by atoms with van der Waals surface area (Å²) in [6.07, 6.45) is 7.35. The van der Waals surface area contributed by atoms with Crippen molar-refractivity contribution in [3.63, 3.8) is 0 Å². The van der Waals surface area contributed by atoms with Crippen LogP contribution < -0.4 is 5.32 Å². The van der Waals surface area contributed by atoms with Gasteiger partial charge in [0.05, 0.1) is 12.7 Å². The van der Waals surface area contributed by atoms with E-state index in [9.17, 15) is 4.79 Å². The number of carbonyl (C=O) groups excluding carboxylic acids is 1. The molecule has 0 aromatic heterocycles. The number of hydrogen-bond donors (Lipinski definition) is 1. The van der Waals surface area contributed by atoms with Crippen molar-refractivity contribution >= 4 is 5.97 Å². The topological polar surface area (TPSA) is 47.6 Å². The highest BCUT2D eigenvalue weighted by Gasteiger charge is 2.43. The summed E-state index contributed by atoms with van der Waals surface area (Å²) < 4.78 is 11.1. The van der Waals surface area contributed by atoms with E-state index in [-0.39, 0.29) is 12.1 Å². The Balaban J connectivity index is 2.48. The van der Waals surface area contributed by atoms with Crippen molar-refractivity contribution in [3.05, 3.63) is 0 Å². The van der Waals surface area contributed by atoms with Gasteiger partial charge in [-0.2, -0.15) is 0 Å². The van der Waals surface area contributed by atoms with Crippen LogP contribution in [-0.4, -0.2) is 37.9 Å². The zero-order chi connectivity index (χ0) is 14.1. The van der Waals surface area contributed by atoms with Crippen LogP contribution in [0.2, 0.25) is 0 Å². The Bertz CT molecular complexity index is 270. The normalized spacial score (nSPS) is 27.2. The first-order chi connectivity index (χ1) is 9.18. The van der Waals surface area contributed by atoms with Gasteiger partial charge in [0, 0.05) is 13.0 Å². The van der Waals surface area contributed by atoms with Crippen LogP contribution in [0.1, 0.15) is 58.8 Å². The van der Waals surface area contributed by atoms with Gasteiger partial charge >= 0.3 is 5.97 Å². The smallest absolute Gasteiger partial charge is 0.326 e. The minimum Gasteiger partial charge on any atom is -0.465 e. The van der Waals surface area contributed by atoms with Crippen molar-refractivity contribution in [2.75, 3.05) is 20.3 Å². The van der Waals surface area contributed by atoms with Crippen molar-refractivity contribution in [1.29, 1.82) is 0 Å². The highest BCUT2D eigenvalue weighted by molar-refractivity contribution is 5.81. The van der Waals surface area contributed by atoms with Crippen molar-refractivity contribution in [2.24, 2.45) is 0 Å². The van der Waals surface area contributed by atoms with Crippen LogP contribution >= 0.6 is 0 Å². The number of nitrogens with one attached hydrogen (secondary N) is 1. The fourth-order valence-electron chi connectivity index (χ4n) is 2.75. The molecule has 1 N–H and O–H groups in total. The van der Waals surface area contributed by atoms with E-state index in [0.29, 0.717) is 6.61 Å². The molecule has 1 rings (SSSR count). The molecule has 0 aromatic carbocycles. The van der Waals surface area contributed by atoms with Gasteiger partial charge in [-0.3, -0.25) is 4.79 Å². The highest BCUT2D eigenvalue weighted by atomic mass is 16.5. The molecule has 0 aliphatic heterocycles. The predicted molar refractivity (Wildman–Crippen MR) is 76.2 cm³/mol. The average Bonchev–Trinajstić information content (AvgIpc) is 2.44. The summed E-state index contributed by atoms with van der Waals surface area (Å²) in [5.74, 6) is -0.126. The molecule has 0 heterocycles. The van der Waals surface area contributed by atoms with Gasteiger partial charge in [-0.1, -0.05) is 19.8 Å². The molecule has 1 aliphatic rings. The molecule has 2 atom stereocenters. The molecule has 1 fully saturated rings. The molecule has 0 radical (unpaired) electrons. The monoisotopic (exact) mass is 271 g/mol. The fraction of sp³-hybridized carbons (Fsp3) is 0.933. The van der Waals surface area contributed by atoms with E-state index in [1.165, 1.54) is 12.8 Å². The average molecular weight is 271 g/mol. The third-order valence-corrected chi connectivity index (χ3v) is 3.95. The lowest BCUT2D eigenvalue weighted by atomic mass is 9.80. The molecule has 4 heteroatoms. The van der Waals surface area contributed by atoms with Crippen molar-refractivity contribution < 1.29 is 14.3 Å². The summed E-state index contributed by atoms with van der Waals surface area (Å²) in [6.45, 7) is 5.28. The number of carbonyl (C=O) groups is 1. The molecule has 0 spiro atoms. The number of ether oxygens (including phenoxy) is 2. The molecule has 0 amide bonds. The molecule has 1 saturated carbocycles. The maximum Gasteiger partial charge on any atom is 0.326 e. The van der Waals surface area contributed by atoms with Crippen LogP contribution in [0.5, 0.6) is 0 Å². The Labute approximate surface area is 117 Å². The van der Waals surface area contributed by atoms with Gasteiger partial charge in [-0.25, -0.2) is 0 Å². The fourth-order valence-corrected chi connectivity index (χ4v) is 2.75. The van der Waals surface area contributed by atoms with E-state index in [1.54, 1.807) is 0 Å². The van der Waals surface area contributed by atoms with Crippen LogP contribution in [0.4, 0.5) is 0 Å². The van der Waals surface area contributed by atoms with Gasteiger partial charge in [-0.15, -0.1) is 0 Å². The van der Waals surface area contributed by atoms with Gasteiger partial charge in [-0.05, 0) is 39.7 Å². The second-order valence-corrected chi connectivity index (χ2v) is 5.35. The van der Waals surface area contributed by atoms with Gasteiger partial charge < -0.3 is 14.8 Å². The second-order valence-electron chi connectivity index (χ2n) is 5.35. The Hall–Kier alpha value is -0.610. The standard InChI is InChI=1S/C15H29NO3/c1-4-6-7-11-19-13-9-8-10-15(12-13,16-3)14(17)18-5-2/h13,16H,4-12H2,1-3H3. The largest absolute Gasteiger partial charge is 0.465 e. The number of unbranched alkanes of at least 4 members (excludes halogenated alkanes) is 2. The Morgan fingerprint density at radius 2 is 2.16 bits per heavy atom. The third-order valence-electron chi connectivity index (χ3n) is 3.95. The Morgan fingerprint density at radius 1 is 1.37 bits per heavy atom. The first kappa shape index (κ1) is 16.4. The summed E-state index contributed by atoms with van der Waals surface area (Å²) in [5.41, 5.74) is -0.538. The molecule has 112 valence electrons. The van der Waals surface area contributed by atoms with Crippen LogP contribution in [0.25, 0.3) is 0 Å². The Kier molecular flexibility index (Phi) is 7.39. The van der Waals surface area contributed by atoms with Crippen molar-refractivity contribution in [2.45, 2.75) is 70.4 Å². The van der Waals surface area contributed by atoms with Gasteiger partial charge in [0.15, 0.2) is 0 Å². The molecular weight excluding hydrogens is 242 g/mol. The lowest BCUT2D eigenvalue weighted by molar-refractivity contribution is -0.155. The van der Waals surface area contributed by atoms with E-state index in [0.717, 1.165) is 38.7 Å². The lowest BCUT2D eigenvalue weighted by Gasteiger charge is -2.38.